The molecule has 9 rings (SSSR count). The zero-order valence-corrected chi connectivity index (χ0v) is 28.6. The topological polar surface area (TPSA) is 97.8 Å². The van der Waals surface area contributed by atoms with Gasteiger partial charge in [-0.25, -0.2) is 9.97 Å². The third-order valence-corrected chi connectivity index (χ3v) is 9.89. The SMILES string of the molecule is Cc1ccccc1-c1c2nc(c(-c3ccccc3C)c3ccc([nH]3)c(-c3ccc(O)cc3)c3nc(c(-c4ccc(O)cc4)c4ccc1[nH]4)C=C3)C=C2. The van der Waals surface area contributed by atoms with Gasteiger partial charge in [-0.05, 0) is 120 Å². The van der Waals surface area contributed by atoms with E-state index >= 15 is 0 Å². The predicted molar refractivity (Wildman–Crippen MR) is 213 cm³/mol. The number of phenolic OH excluding ortho intramolecular Hbond substituents is 2. The second kappa shape index (κ2) is 12.4. The van der Waals surface area contributed by atoms with Gasteiger partial charge in [0, 0.05) is 44.3 Å². The number of aromatic amines is 2. The number of benzene rings is 4. The van der Waals surface area contributed by atoms with Crippen molar-refractivity contribution in [2.45, 2.75) is 13.8 Å². The van der Waals surface area contributed by atoms with Crippen LogP contribution in [0.4, 0.5) is 0 Å². The van der Waals surface area contributed by atoms with Crippen molar-refractivity contribution in [3.8, 4) is 56.0 Å². The molecule has 4 N–H and O–H groups in total. The third kappa shape index (κ3) is 5.38. The number of aromatic hydroxyl groups is 2. The lowest BCUT2D eigenvalue weighted by Gasteiger charge is -2.09. The Morgan fingerprint density at radius 2 is 0.712 bits per heavy atom. The molecule has 2 aliphatic rings. The third-order valence-electron chi connectivity index (χ3n) is 9.89. The molecule has 4 aromatic carbocycles. The van der Waals surface area contributed by atoms with Crippen LogP contribution in [0.15, 0.2) is 121 Å². The fraction of sp³-hybridized carbons (Fsp3) is 0.0435. The molecule has 0 amide bonds. The van der Waals surface area contributed by atoms with E-state index in [9.17, 15) is 10.2 Å². The van der Waals surface area contributed by atoms with Gasteiger partial charge in [-0.2, -0.15) is 0 Å². The van der Waals surface area contributed by atoms with Gasteiger partial charge in [-0.15, -0.1) is 0 Å². The number of fused-ring (bicyclic) bond motifs is 8. The van der Waals surface area contributed by atoms with Gasteiger partial charge in [-0.3, -0.25) is 0 Å². The number of aromatic nitrogens is 4. The molecule has 250 valence electrons. The maximum Gasteiger partial charge on any atom is 0.115 e. The molecule has 6 heteroatoms. The molecule has 52 heavy (non-hydrogen) atoms. The van der Waals surface area contributed by atoms with Crippen molar-refractivity contribution < 1.29 is 10.2 Å². The van der Waals surface area contributed by atoms with Crippen LogP contribution in [0.5, 0.6) is 11.5 Å². The summed E-state index contributed by atoms with van der Waals surface area (Å²) >= 11 is 0. The van der Waals surface area contributed by atoms with Crippen molar-refractivity contribution in [1.82, 2.24) is 19.9 Å². The molecule has 0 saturated heterocycles. The quantitative estimate of drug-likeness (QED) is 0.149. The van der Waals surface area contributed by atoms with E-state index in [1.807, 2.05) is 36.4 Å². The van der Waals surface area contributed by atoms with E-state index < -0.39 is 0 Å². The lowest BCUT2D eigenvalue weighted by Crippen LogP contribution is -1.91. The minimum atomic E-state index is 0.196. The lowest BCUT2D eigenvalue weighted by molar-refractivity contribution is 0.475. The van der Waals surface area contributed by atoms with E-state index in [0.717, 1.165) is 100 Å². The van der Waals surface area contributed by atoms with Crippen LogP contribution < -0.4 is 0 Å². The van der Waals surface area contributed by atoms with Crippen molar-refractivity contribution in [3.63, 3.8) is 0 Å². The van der Waals surface area contributed by atoms with Gasteiger partial charge in [0.1, 0.15) is 11.5 Å². The van der Waals surface area contributed by atoms with E-state index in [-0.39, 0.29) is 11.5 Å². The van der Waals surface area contributed by atoms with Gasteiger partial charge in [0.2, 0.25) is 0 Å². The zero-order chi connectivity index (χ0) is 35.3. The van der Waals surface area contributed by atoms with Crippen LogP contribution in [-0.4, -0.2) is 30.1 Å². The summed E-state index contributed by atoms with van der Waals surface area (Å²) in [6.45, 7) is 4.26. The predicted octanol–water partition coefficient (Wildman–Crippen LogP) is 11.4. The molecular weight excluding hydrogens is 641 g/mol. The van der Waals surface area contributed by atoms with Crippen LogP contribution in [0.25, 0.3) is 90.9 Å². The van der Waals surface area contributed by atoms with Crippen LogP contribution in [0.3, 0.4) is 0 Å². The molecule has 0 saturated carbocycles. The molecule has 8 bridgehead atoms. The smallest absolute Gasteiger partial charge is 0.115 e. The van der Waals surface area contributed by atoms with Crippen molar-refractivity contribution >= 4 is 46.4 Å². The number of nitrogens with one attached hydrogen (secondary N) is 2. The van der Waals surface area contributed by atoms with Crippen molar-refractivity contribution in [2.24, 2.45) is 0 Å². The van der Waals surface area contributed by atoms with Gasteiger partial charge < -0.3 is 20.2 Å². The summed E-state index contributed by atoms with van der Waals surface area (Å²) in [5.74, 6) is 0.392. The average Bonchev–Trinajstić information content (AvgIpc) is 3.99. The summed E-state index contributed by atoms with van der Waals surface area (Å²) < 4.78 is 0. The Labute approximate surface area is 300 Å². The van der Waals surface area contributed by atoms with E-state index in [2.05, 4.69) is 109 Å². The van der Waals surface area contributed by atoms with Gasteiger partial charge in [0.25, 0.3) is 0 Å². The molecule has 0 radical (unpaired) electrons. The number of H-pyrrole nitrogens is 2. The monoisotopic (exact) mass is 674 g/mol. The van der Waals surface area contributed by atoms with Gasteiger partial charge in [0.05, 0.1) is 22.8 Å². The van der Waals surface area contributed by atoms with Crippen LogP contribution in [0.2, 0.25) is 0 Å². The number of hydrogen-bond acceptors (Lipinski definition) is 4. The van der Waals surface area contributed by atoms with Gasteiger partial charge in [0.15, 0.2) is 0 Å². The van der Waals surface area contributed by atoms with Crippen LogP contribution in [0, 0.1) is 13.8 Å². The Hall–Kier alpha value is -6.92. The van der Waals surface area contributed by atoms with Crippen molar-refractivity contribution in [1.29, 1.82) is 0 Å². The molecule has 2 aliphatic heterocycles. The van der Waals surface area contributed by atoms with E-state index in [1.54, 1.807) is 24.3 Å². The van der Waals surface area contributed by atoms with Crippen molar-refractivity contribution in [3.05, 3.63) is 155 Å². The lowest BCUT2D eigenvalue weighted by atomic mass is 9.99. The van der Waals surface area contributed by atoms with Crippen LogP contribution in [-0.2, 0) is 0 Å². The highest BCUT2D eigenvalue weighted by Gasteiger charge is 2.20. The first-order valence-corrected chi connectivity index (χ1v) is 17.3. The standard InChI is InChI=1S/C46H34N4O2/c1-27-7-3-5-9-33(27)45-39-23-21-37(48-39)43(29-11-15-31(51)16-12-29)35-19-20-36(47-35)44(30-13-17-32(52)18-14-30)38-22-24-40(49-38)46(42-26-25-41(45)50-42)34-10-6-4-8-28(34)2/h3-26,48-49,51-52H,1-2H3. The normalized spacial score (nSPS) is 12.0. The molecule has 7 aromatic rings. The van der Waals surface area contributed by atoms with Gasteiger partial charge in [-0.1, -0.05) is 72.8 Å². The second-order valence-corrected chi connectivity index (χ2v) is 13.2. The fourth-order valence-corrected chi connectivity index (χ4v) is 7.34. The molecule has 0 spiro atoms. The first-order valence-electron chi connectivity index (χ1n) is 17.3. The summed E-state index contributed by atoms with van der Waals surface area (Å²) in [6, 6.07) is 39.7. The average molecular weight is 675 g/mol. The first-order chi connectivity index (χ1) is 25.4. The first kappa shape index (κ1) is 31.1. The molecular formula is C46H34N4O2. The highest BCUT2D eigenvalue weighted by Crippen LogP contribution is 2.39. The maximum atomic E-state index is 10.2. The highest BCUT2D eigenvalue weighted by atomic mass is 16.3. The molecule has 0 atom stereocenters. The van der Waals surface area contributed by atoms with E-state index in [4.69, 9.17) is 9.97 Å². The molecule has 3 aromatic heterocycles. The summed E-state index contributed by atoms with van der Waals surface area (Å²) in [6.07, 6.45) is 8.31. The Kier molecular flexibility index (Phi) is 7.44. The second-order valence-electron chi connectivity index (χ2n) is 13.2. The number of nitrogens with zero attached hydrogens (tertiary/aromatic N) is 2. The number of aryl methyl sites for hydroxylation is 2. The Morgan fingerprint density at radius 3 is 1.08 bits per heavy atom. The largest absolute Gasteiger partial charge is 0.508 e. The Balaban J connectivity index is 1.49. The Morgan fingerprint density at radius 1 is 0.385 bits per heavy atom. The van der Waals surface area contributed by atoms with E-state index in [1.165, 1.54) is 0 Å². The minimum Gasteiger partial charge on any atom is -0.508 e. The van der Waals surface area contributed by atoms with Crippen molar-refractivity contribution in [2.75, 3.05) is 0 Å². The maximum absolute atomic E-state index is 10.2. The molecule has 0 unspecified atom stereocenters. The summed E-state index contributed by atoms with van der Waals surface area (Å²) in [5, 5.41) is 20.4. The molecule has 6 nitrogen and oxygen atoms in total. The number of phenols is 2. The van der Waals surface area contributed by atoms with Gasteiger partial charge >= 0.3 is 0 Å². The van der Waals surface area contributed by atoms with Crippen LogP contribution in [0.1, 0.15) is 33.9 Å². The molecule has 0 aliphatic carbocycles. The Bertz CT molecular complexity index is 2580. The number of rotatable bonds is 4. The minimum absolute atomic E-state index is 0.196. The highest BCUT2D eigenvalue weighted by molar-refractivity contribution is 6.00. The molecule has 0 fully saturated rings. The molecule has 5 heterocycles. The fourth-order valence-electron chi connectivity index (χ4n) is 7.34. The number of hydrogen-bond donors (Lipinski definition) is 4. The summed E-state index contributed by atoms with van der Waals surface area (Å²) in [7, 11) is 0. The van der Waals surface area contributed by atoms with Crippen LogP contribution >= 0.6 is 0 Å². The van der Waals surface area contributed by atoms with E-state index in [0.29, 0.717) is 0 Å². The summed E-state index contributed by atoms with van der Waals surface area (Å²) in [5.41, 5.74) is 17.0. The summed E-state index contributed by atoms with van der Waals surface area (Å²) in [4.78, 5) is 18.2. The zero-order valence-electron chi connectivity index (χ0n) is 28.6.